The molecule has 31 heavy (non-hydrogen) atoms. The van der Waals surface area contributed by atoms with Crippen molar-refractivity contribution in [2.24, 2.45) is 5.92 Å². The van der Waals surface area contributed by atoms with Crippen molar-refractivity contribution >= 4 is 15.9 Å². The van der Waals surface area contributed by atoms with Crippen molar-refractivity contribution in [2.75, 3.05) is 27.3 Å². The van der Waals surface area contributed by atoms with Crippen molar-refractivity contribution in [1.29, 1.82) is 0 Å². The molecule has 1 amide bonds. The van der Waals surface area contributed by atoms with Gasteiger partial charge in [0.15, 0.2) is 11.5 Å². The molecule has 0 saturated carbocycles. The molecule has 1 aliphatic heterocycles. The van der Waals surface area contributed by atoms with Crippen molar-refractivity contribution in [2.45, 2.75) is 38.6 Å². The molecule has 0 radical (unpaired) electrons. The number of carbonyl (C=O) groups is 1. The Hall–Kier alpha value is -2.58. The Labute approximate surface area is 184 Å². The van der Waals surface area contributed by atoms with Crippen LogP contribution in [0.25, 0.3) is 0 Å². The van der Waals surface area contributed by atoms with Gasteiger partial charge in [-0.3, -0.25) is 4.79 Å². The number of hydrogen-bond acceptors (Lipinski definition) is 5. The summed E-state index contributed by atoms with van der Waals surface area (Å²) in [6, 6.07) is 8.55. The summed E-state index contributed by atoms with van der Waals surface area (Å²) in [5.41, 5.74) is 2.59. The van der Waals surface area contributed by atoms with Crippen LogP contribution in [0.5, 0.6) is 11.5 Å². The molecule has 0 aliphatic carbocycles. The van der Waals surface area contributed by atoms with Crippen molar-refractivity contribution in [3.8, 4) is 11.5 Å². The number of sulfonamides is 1. The molecule has 7 nitrogen and oxygen atoms in total. The Morgan fingerprint density at radius 3 is 2.29 bits per heavy atom. The zero-order chi connectivity index (χ0) is 22.9. The van der Waals surface area contributed by atoms with E-state index >= 15 is 0 Å². The fourth-order valence-corrected chi connectivity index (χ4v) is 4.75. The molecule has 2 aromatic rings. The molecule has 0 aromatic heterocycles. The highest BCUT2D eigenvalue weighted by molar-refractivity contribution is 7.89. The van der Waals surface area contributed by atoms with Gasteiger partial charge in [0.2, 0.25) is 10.0 Å². The van der Waals surface area contributed by atoms with Crippen molar-refractivity contribution in [3.63, 3.8) is 0 Å². The fourth-order valence-electron chi connectivity index (χ4n) is 3.54. The third kappa shape index (κ3) is 4.70. The molecule has 1 unspecified atom stereocenters. The second kappa shape index (κ2) is 8.88. The first-order valence-electron chi connectivity index (χ1n) is 10.3. The molecule has 168 valence electrons. The molecule has 1 atom stereocenters. The average Bonchev–Trinajstić information content (AvgIpc) is 2.72. The molecule has 0 fully saturated rings. The average molecular weight is 447 g/mol. The lowest BCUT2D eigenvalue weighted by molar-refractivity contribution is 0.0925. The highest BCUT2D eigenvalue weighted by Crippen LogP contribution is 2.34. The van der Waals surface area contributed by atoms with Crippen LogP contribution in [0.15, 0.2) is 35.2 Å². The monoisotopic (exact) mass is 446 g/mol. The lowest BCUT2D eigenvalue weighted by Gasteiger charge is -2.26. The third-order valence-corrected chi connectivity index (χ3v) is 7.46. The van der Waals surface area contributed by atoms with E-state index in [1.54, 1.807) is 13.0 Å². The first-order valence-corrected chi connectivity index (χ1v) is 11.7. The van der Waals surface area contributed by atoms with Gasteiger partial charge in [0, 0.05) is 19.7 Å². The van der Waals surface area contributed by atoms with Crippen LogP contribution in [0.1, 0.15) is 46.9 Å². The van der Waals surface area contributed by atoms with Crippen LogP contribution in [0.4, 0.5) is 0 Å². The van der Waals surface area contributed by atoms with E-state index in [0.29, 0.717) is 35.8 Å². The molecule has 8 heteroatoms. The summed E-state index contributed by atoms with van der Waals surface area (Å²) in [5, 5.41) is 3.07. The molecule has 0 spiro atoms. The van der Waals surface area contributed by atoms with E-state index in [0.717, 1.165) is 15.4 Å². The Morgan fingerprint density at radius 2 is 1.68 bits per heavy atom. The summed E-state index contributed by atoms with van der Waals surface area (Å²) in [4.78, 5) is 13.3. The van der Waals surface area contributed by atoms with Crippen LogP contribution in [0.3, 0.4) is 0 Å². The van der Waals surface area contributed by atoms with Crippen molar-refractivity contribution < 1.29 is 22.7 Å². The summed E-state index contributed by atoms with van der Waals surface area (Å²) in [6.07, 6.45) is 0. The zero-order valence-corrected chi connectivity index (χ0v) is 19.7. The normalized spacial score (nSPS) is 14.6. The maximum atomic E-state index is 13.2. The number of fused-ring (bicyclic) bond motifs is 1. The predicted octanol–water partition coefficient (Wildman–Crippen LogP) is 3.45. The zero-order valence-electron chi connectivity index (χ0n) is 18.9. The van der Waals surface area contributed by atoms with Gasteiger partial charge in [0.05, 0.1) is 10.9 Å². The van der Waals surface area contributed by atoms with Crippen LogP contribution in [-0.2, 0) is 10.0 Å². The van der Waals surface area contributed by atoms with E-state index < -0.39 is 10.0 Å². The predicted molar refractivity (Wildman–Crippen MR) is 119 cm³/mol. The van der Waals surface area contributed by atoms with Crippen molar-refractivity contribution in [1.82, 2.24) is 9.62 Å². The summed E-state index contributed by atoms with van der Waals surface area (Å²) in [7, 11) is -0.711. The van der Waals surface area contributed by atoms with Crippen molar-refractivity contribution in [3.05, 3.63) is 52.6 Å². The lowest BCUT2D eigenvalue weighted by Crippen LogP contribution is -2.32. The molecule has 2 aromatic carbocycles. The van der Waals surface area contributed by atoms with Gasteiger partial charge >= 0.3 is 0 Å². The minimum absolute atomic E-state index is 0.100. The Kier molecular flexibility index (Phi) is 6.62. The second-order valence-corrected chi connectivity index (χ2v) is 10.4. The summed E-state index contributed by atoms with van der Waals surface area (Å²) in [6.45, 7) is 8.60. The Morgan fingerprint density at radius 1 is 1.03 bits per heavy atom. The van der Waals surface area contributed by atoms with Gasteiger partial charge in [0.25, 0.3) is 5.91 Å². The molecule has 3 rings (SSSR count). The largest absolute Gasteiger partial charge is 0.486 e. The number of nitrogens with one attached hydrogen (secondary N) is 1. The number of aryl methyl sites for hydroxylation is 1. The van der Waals surface area contributed by atoms with Crippen LogP contribution in [-0.4, -0.2) is 45.9 Å². The highest BCUT2D eigenvalue weighted by Gasteiger charge is 2.25. The Balaban J connectivity index is 1.94. The molecule has 1 N–H and O–H groups in total. The van der Waals surface area contributed by atoms with Gasteiger partial charge in [-0.2, -0.15) is 0 Å². The van der Waals surface area contributed by atoms with E-state index in [1.165, 1.54) is 20.2 Å². The number of ether oxygens (including phenoxy) is 2. The summed E-state index contributed by atoms with van der Waals surface area (Å²) < 4.78 is 37.9. The first kappa shape index (κ1) is 23.1. The maximum absolute atomic E-state index is 13.2. The van der Waals surface area contributed by atoms with E-state index in [4.69, 9.17) is 9.47 Å². The fraction of sp³-hybridized carbons (Fsp3) is 0.435. The van der Waals surface area contributed by atoms with Gasteiger partial charge in [-0.05, 0) is 60.7 Å². The van der Waals surface area contributed by atoms with Crippen LogP contribution >= 0.6 is 0 Å². The molecule has 0 bridgehead atoms. The van der Waals surface area contributed by atoms with E-state index in [2.05, 4.69) is 5.32 Å². The second-order valence-electron chi connectivity index (χ2n) is 8.30. The summed E-state index contributed by atoms with van der Waals surface area (Å²) >= 11 is 0. The quantitative estimate of drug-likeness (QED) is 0.735. The lowest BCUT2D eigenvalue weighted by atomic mass is 9.95. The summed E-state index contributed by atoms with van der Waals surface area (Å²) in [5.74, 6) is 1.13. The van der Waals surface area contributed by atoms with Gasteiger partial charge in [-0.15, -0.1) is 0 Å². The molecular formula is C23H30N2O5S. The van der Waals surface area contributed by atoms with Crippen LogP contribution < -0.4 is 14.8 Å². The van der Waals surface area contributed by atoms with E-state index in [9.17, 15) is 13.2 Å². The smallest absolute Gasteiger partial charge is 0.251 e. The van der Waals surface area contributed by atoms with Crippen LogP contribution in [0.2, 0.25) is 0 Å². The minimum Gasteiger partial charge on any atom is -0.486 e. The maximum Gasteiger partial charge on any atom is 0.251 e. The molecule has 1 heterocycles. The third-order valence-electron chi connectivity index (χ3n) is 5.52. The SMILES string of the molecule is Cc1cc(C(=O)NC(c2ccc3c(c2)OCCO3)C(C)C)cc(S(=O)(=O)N(C)C)c1C. The number of nitrogens with zero attached hydrogens (tertiary/aromatic N) is 1. The van der Waals surface area contributed by atoms with E-state index in [-0.39, 0.29) is 22.8 Å². The first-order chi connectivity index (χ1) is 14.5. The standard InChI is InChI=1S/C23H30N2O5S/c1-14(2)22(17-7-8-19-20(12-17)30-10-9-29-19)24-23(26)18-11-15(3)16(4)21(13-18)31(27,28)25(5)6/h7-8,11-14,22H,9-10H2,1-6H3,(H,24,26). The molecule has 0 saturated heterocycles. The number of hydrogen-bond donors (Lipinski definition) is 1. The minimum atomic E-state index is -3.67. The van der Waals surface area contributed by atoms with E-state index in [1.807, 2.05) is 39.0 Å². The number of rotatable bonds is 6. The van der Waals surface area contributed by atoms with Gasteiger partial charge in [-0.25, -0.2) is 12.7 Å². The number of amides is 1. The topological polar surface area (TPSA) is 84.9 Å². The number of benzene rings is 2. The Bertz CT molecular complexity index is 1090. The van der Waals surface area contributed by atoms with Gasteiger partial charge in [-0.1, -0.05) is 19.9 Å². The molecule has 1 aliphatic rings. The van der Waals surface area contributed by atoms with Gasteiger partial charge in [0.1, 0.15) is 13.2 Å². The number of carbonyl (C=O) groups excluding carboxylic acids is 1. The molecular weight excluding hydrogens is 416 g/mol. The van der Waals surface area contributed by atoms with Gasteiger partial charge < -0.3 is 14.8 Å². The highest BCUT2D eigenvalue weighted by atomic mass is 32.2. The van der Waals surface area contributed by atoms with Crippen LogP contribution in [0, 0.1) is 19.8 Å².